The number of hydrogen-bond acceptors (Lipinski definition) is 4. The van der Waals surface area contributed by atoms with E-state index in [2.05, 4.69) is 31.4 Å². The molecule has 9 heteroatoms. The Balaban J connectivity index is 2.25. The van der Waals surface area contributed by atoms with E-state index in [-0.39, 0.29) is 26.6 Å². The highest BCUT2D eigenvalue weighted by molar-refractivity contribution is 9.10. The normalized spacial score (nSPS) is 11.4. The molecule has 0 unspecified atom stereocenters. The first-order valence-electron chi connectivity index (χ1n) is 6.21. The van der Waals surface area contributed by atoms with Gasteiger partial charge in [0.05, 0.1) is 16.4 Å². The van der Waals surface area contributed by atoms with Crippen LogP contribution in [-0.4, -0.2) is 16.6 Å². The molecule has 0 bridgehead atoms. The van der Waals surface area contributed by atoms with E-state index in [0.29, 0.717) is 5.71 Å². The fourth-order valence-electron chi connectivity index (χ4n) is 1.65. The van der Waals surface area contributed by atoms with E-state index in [4.69, 9.17) is 40.5 Å². The molecule has 0 saturated carbocycles. The largest absolute Gasteiger partial charge is 0.396 e. The van der Waals surface area contributed by atoms with Crippen LogP contribution in [0.3, 0.4) is 0 Å². The zero-order valence-corrected chi connectivity index (χ0v) is 15.6. The quantitative estimate of drug-likeness (QED) is 0.421. The molecule has 1 heterocycles. The first-order valence-corrected chi connectivity index (χ1v) is 8.14. The third kappa shape index (κ3) is 4.14. The van der Waals surface area contributed by atoms with Crippen LogP contribution in [0.15, 0.2) is 33.8 Å². The Hall–Kier alpha value is -1.34. The molecule has 0 saturated heterocycles. The minimum atomic E-state index is -0.644. The van der Waals surface area contributed by atoms with Gasteiger partial charge in [0.1, 0.15) is 5.02 Å². The number of hydrazone groups is 1. The van der Waals surface area contributed by atoms with Crippen molar-refractivity contribution in [1.29, 1.82) is 0 Å². The number of rotatable bonds is 3. The number of amides is 1. The monoisotopic (exact) mass is 434 g/mol. The maximum absolute atomic E-state index is 12.2. The van der Waals surface area contributed by atoms with Crippen LogP contribution in [0.25, 0.3) is 0 Å². The van der Waals surface area contributed by atoms with Crippen LogP contribution in [0.1, 0.15) is 23.0 Å². The fourth-order valence-corrected chi connectivity index (χ4v) is 2.64. The Bertz CT molecular complexity index is 811. The molecule has 0 radical (unpaired) electrons. The van der Waals surface area contributed by atoms with Gasteiger partial charge in [-0.15, -0.1) is 0 Å². The molecule has 2 rings (SSSR count). The van der Waals surface area contributed by atoms with Gasteiger partial charge in [-0.2, -0.15) is 5.10 Å². The summed E-state index contributed by atoms with van der Waals surface area (Å²) < 4.78 is 0.901. The average Bonchev–Trinajstić information content (AvgIpc) is 2.53. The molecule has 0 fully saturated rings. The van der Waals surface area contributed by atoms with E-state index in [9.17, 15) is 4.79 Å². The molecule has 1 aromatic carbocycles. The van der Waals surface area contributed by atoms with E-state index >= 15 is 0 Å². The highest BCUT2D eigenvalue weighted by Gasteiger charge is 2.19. The van der Waals surface area contributed by atoms with Gasteiger partial charge in [0, 0.05) is 4.47 Å². The second kappa shape index (κ2) is 7.49. The Kier molecular flexibility index (Phi) is 5.86. The van der Waals surface area contributed by atoms with Crippen molar-refractivity contribution in [1.82, 2.24) is 10.4 Å². The summed E-state index contributed by atoms with van der Waals surface area (Å²) in [5, 5.41) is 3.84. The summed E-state index contributed by atoms with van der Waals surface area (Å²) in [5.74, 6) is -0.644. The van der Waals surface area contributed by atoms with Crippen LogP contribution in [0.4, 0.5) is 5.69 Å². The van der Waals surface area contributed by atoms with Crippen LogP contribution in [0, 0.1) is 0 Å². The number of anilines is 1. The molecular weight excluding hydrogens is 426 g/mol. The molecule has 3 N–H and O–H groups in total. The SMILES string of the molecule is C/C(=N\NC(=O)c1nc(Cl)c(Cl)c(N)c1Cl)c1cccc(Br)c1. The van der Waals surface area contributed by atoms with E-state index in [1.165, 1.54) is 0 Å². The van der Waals surface area contributed by atoms with Gasteiger partial charge in [0.15, 0.2) is 10.8 Å². The van der Waals surface area contributed by atoms with Crippen molar-refractivity contribution in [2.45, 2.75) is 6.92 Å². The van der Waals surface area contributed by atoms with E-state index in [1.807, 2.05) is 24.3 Å². The smallest absolute Gasteiger partial charge is 0.291 e. The summed E-state index contributed by atoms with van der Waals surface area (Å²) in [6.45, 7) is 1.75. The lowest BCUT2D eigenvalue weighted by Gasteiger charge is -2.08. The Morgan fingerprint density at radius 3 is 2.65 bits per heavy atom. The van der Waals surface area contributed by atoms with Crippen molar-refractivity contribution in [3.05, 3.63) is 55.2 Å². The first kappa shape index (κ1) is 18.0. The van der Waals surface area contributed by atoms with Gasteiger partial charge in [-0.3, -0.25) is 4.79 Å². The second-order valence-corrected chi connectivity index (χ2v) is 6.47. The number of pyridine rings is 1. The summed E-state index contributed by atoms with van der Waals surface area (Å²) in [6.07, 6.45) is 0. The van der Waals surface area contributed by atoms with Gasteiger partial charge in [-0.25, -0.2) is 10.4 Å². The molecule has 0 aliphatic carbocycles. The second-order valence-electron chi connectivity index (χ2n) is 4.44. The number of nitrogens with zero attached hydrogens (tertiary/aromatic N) is 2. The van der Waals surface area contributed by atoms with Gasteiger partial charge in [-0.05, 0) is 24.6 Å². The van der Waals surface area contributed by atoms with Crippen LogP contribution < -0.4 is 11.2 Å². The summed E-state index contributed by atoms with van der Waals surface area (Å²) >= 11 is 21.0. The van der Waals surface area contributed by atoms with Crippen molar-refractivity contribution in [3.8, 4) is 0 Å². The Labute approximate surface area is 155 Å². The van der Waals surface area contributed by atoms with E-state index in [0.717, 1.165) is 10.0 Å². The van der Waals surface area contributed by atoms with Crippen LogP contribution >= 0.6 is 50.7 Å². The molecule has 0 aliphatic rings. The molecular formula is C14H10BrCl3N4O. The minimum Gasteiger partial charge on any atom is -0.396 e. The molecule has 0 atom stereocenters. The highest BCUT2D eigenvalue weighted by atomic mass is 79.9. The molecule has 1 aromatic heterocycles. The number of halogens is 4. The molecule has 0 spiro atoms. The number of carbonyl (C=O) groups excluding carboxylic acids is 1. The van der Waals surface area contributed by atoms with Gasteiger partial charge in [0.25, 0.3) is 5.91 Å². The van der Waals surface area contributed by atoms with Crippen LogP contribution in [0.2, 0.25) is 15.2 Å². The standard InChI is InChI=1S/C14H10BrCl3N4O/c1-6(7-3-2-4-8(15)5-7)21-22-14(23)12-9(16)11(19)10(17)13(18)20-12/h2-5H,1H3,(H2,19,20)(H,22,23)/b21-6+. The average molecular weight is 437 g/mol. The number of nitrogens with two attached hydrogens (primary N) is 1. The van der Waals surface area contributed by atoms with Crippen molar-refractivity contribution < 1.29 is 4.79 Å². The first-order chi connectivity index (χ1) is 10.8. The van der Waals surface area contributed by atoms with Crippen molar-refractivity contribution in [2.24, 2.45) is 5.10 Å². The molecule has 2 aromatic rings. The summed E-state index contributed by atoms with van der Waals surface area (Å²) in [4.78, 5) is 16.0. The lowest BCUT2D eigenvalue weighted by atomic mass is 10.1. The molecule has 5 nitrogen and oxygen atoms in total. The fraction of sp³-hybridized carbons (Fsp3) is 0.0714. The lowest BCUT2D eigenvalue weighted by Crippen LogP contribution is -2.21. The predicted octanol–water partition coefficient (Wildman–Crippen LogP) is 4.54. The predicted molar refractivity (Wildman–Crippen MR) is 97.5 cm³/mol. The third-order valence-corrected chi connectivity index (χ3v) is 4.48. The number of nitrogen functional groups attached to an aromatic ring is 1. The molecule has 0 aliphatic heterocycles. The number of nitrogens with one attached hydrogen (secondary N) is 1. The zero-order chi connectivity index (χ0) is 17.1. The van der Waals surface area contributed by atoms with Crippen molar-refractivity contribution in [2.75, 3.05) is 5.73 Å². The highest BCUT2D eigenvalue weighted by Crippen LogP contribution is 2.34. The maximum Gasteiger partial charge on any atom is 0.291 e. The van der Waals surface area contributed by atoms with E-state index in [1.54, 1.807) is 6.92 Å². The third-order valence-electron chi connectivity index (χ3n) is 2.85. The van der Waals surface area contributed by atoms with Gasteiger partial charge in [-0.1, -0.05) is 62.9 Å². The maximum atomic E-state index is 12.2. The minimum absolute atomic E-state index is 0.00188. The Morgan fingerprint density at radius 1 is 1.30 bits per heavy atom. The summed E-state index contributed by atoms with van der Waals surface area (Å²) in [5.41, 5.74) is 9.32. The number of benzene rings is 1. The summed E-state index contributed by atoms with van der Waals surface area (Å²) in [7, 11) is 0. The molecule has 23 heavy (non-hydrogen) atoms. The topological polar surface area (TPSA) is 80.4 Å². The number of carbonyl (C=O) groups is 1. The number of aromatic nitrogens is 1. The molecule has 120 valence electrons. The van der Waals surface area contributed by atoms with Crippen molar-refractivity contribution in [3.63, 3.8) is 0 Å². The number of hydrogen-bond donors (Lipinski definition) is 2. The zero-order valence-electron chi connectivity index (χ0n) is 11.7. The van der Waals surface area contributed by atoms with E-state index < -0.39 is 5.91 Å². The van der Waals surface area contributed by atoms with Gasteiger partial charge in [0.2, 0.25) is 0 Å². The Morgan fingerprint density at radius 2 is 2.00 bits per heavy atom. The van der Waals surface area contributed by atoms with Gasteiger partial charge >= 0.3 is 0 Å². The van der Waals surface area contributed by atoms with Crippen molar-refractivity contribution >= 4 is 68.0 Å². The van der Waals surface area contributed by atoms with Crippen LogP contribution in [0.5, 0.6) is 0 Å². The lowest BCUT2D eigenvalue weighted by molar-refractivity contribution is 0.0950. The van der Waals surface area contributed by atoms with Crippen LogP contribution in [-0.2, 0) is 0 Å². The van der Waals surface area contributed by atoms with Gasteiger partial charge < -0.3 is 5.73 Å². The molecule has 1 amide bonds. The summed E-state index contributed by atoms with van der Waals surface area (Å²) in [6, 6.07) is 7.47.